The van der Waals surface area contributed by atoms with E-state index >= 15 is 0 Å². The Morgan fingerprint density at radius 3 is 2.84 bits per heavy atom. The van der Waals surface area contributed by atoms with Crippen molar-refractivity contribution in [2.45, 2.75) is 26.4 Å². The molecule has 1 atom stereocenters. The predicted molar refractivity (Wildman–Crippen MR) is 73.2 cm³/mol. The van der Waals surface area contributed by atoms with Crippen molar-refractivity contribution in [2.24, 2.45) is 5.84 Å². The predicted octanol–water partition coefficient (Wildman–Crippen LogP) is 2.56. The molecular weight excluding hydrogens is 267 g/mol. The SMILES string of the molecule is CCn1ncc(Cl)c1C(NN)c1ccc(C)c(F)c1. The van der Waals surface area contributed by atoms with E-state index in [1.165, 1.54) is 6.07 Å². The lowest BCUT2D eigenvalue weighted by molar-refractivity contribution is 0.539. The monoisotopic (exact) mass is 282 g/mol. The average molecular weight is 283 g/mol. The molecule has 0 spiro atoms. The van der Waals surface area contributed by atoms with Gasteiger partial charge in [0, 0.05) is 6.54 Å². The maximum atomic E-state index is 13.7. The van der Waals surface area contributed by atoms with Gasteiger partial charge in [0.25, 0.3) is 0 Å². The molecule has 0 saturated heterocycles. The number of rotatable bonds is 4. The van der Waals surface area contributed by atoms with Crippen LogP contribution >= 0.6 is 11.6 Å². The highest BCUT2D eigenvalue weighted by atomic mass is 35.5. The van der Waals surface area contributed by atoms with Crippen molar-refractivity contribution in [3.05, 3.63) is 52.1 Å². The molecule has 2 aromatic rings. The molecule has 0 aliphatic rings. The van der Waals surface area contributed by atoms with Gasteiger partial charge in [0.2, 0.25) is 0 Å². The van der Waals surface area contributed by atoms with Gasteiger partial charge in [0.15, 0.2) is 0 Å². The summed E-state index contributed by atoms with van der Waals surface area (Å²) in [5.41, 5.74) is 4.71. The molecule has 1 aromatic heterocycles. The summed E-state index contributed by atoms with van der Waals surface area (Å²) in [6, 6.07) is 4.61. The number of nitrogens with one attached hydrogen (secondary N) is 1. The molecule has 0 amide bonds. The molecule has 4 nitrogen and oxygen atoms in total. The van der Waals surface area contributed by atoms with Gasteiger partial charge in [-0.15, -0.1) is 0 Å². The fourth-order valence-corrected chi connectivity index (χ4v) is 2.28. The highest BCUT2D eigenvalue weighted by Crippen LogP contribution is 2.28. The third kappa shape index (κ3) is 2.63. The van der Waals surface area contributed by atoms with Crippen LogP contribution in [-0.2, 0) is 6.54 Å². The second-order valence-corrected chi connectivity index (χ2v) is 4.71. The molecule has 1 aromatic carbocycles. The van der Waals surface area contributed by atoms with Gasteiger partial charge >= 0.3 is 0 Å². The second kappa shape index (κ2) is 5.69. The molecule has 0 radical (unpaired) electrons. The molecular formula is C13H16ClFN4. The molecule has 6 heteroatoms. The minimum Gasteiger partial charge on any atom is -0.271 e. The van der Waals surface area contributed by atoms with Gasteiger partial charge in [0.1, 0.15) is 5.82 Å². The number of nitrogens with two attached hydrogens (primary N) is 1. The summed E-state index contributed by atoms with van der Waals surface area (Å²) < 4.78 is 15.4. The number of hydrazine groups is 1. The lowest BCUT2D eigenvalue weighted by Gasteiger charge is -2.18. The Labute approximate surface area is 116 Å². The fraction of sp³-hybridized carbons (Fsp3) is 0.308. The molecule has 0 aliphatic carbocycles. The molecule has 1 heterocycles. The minimum absolute atomic E-state index is 0.267. The standard InChI is InChI=1S/C13H16ClFN4/c1-3-19-13(10(14)7-17-19)12(18-16)9-5-4-8(2)11(15)6-9/h4-7,12,18H,3,16H2,1-2H3. The number of hydrogen-bond acceptors (Lipinski definition) is 3. The number of nitrogens with zero attached hydrogens (tertiary/aromatic N) is 2. The van der Waals surface area contributed by atoms with Crippen LogP contribution in [0.15, 0.2) is 24.4 Å². The first-order chi connectivity index (χ1) is 9.08. The van der Waals surface area contributed by atoms with Gasteiger partial charge < -0.3 is 0 Å². The van der Waals surface area contributed by atoms with E-state index < -0.39 is 6.04 Å². The van der Waals surface area contributed by atoms with Gasteiger partial charge in [0.05, 0.1) is 23.0 Å². The Kier molecular flexibility index (Phi) is 4.19. The van der Waals surface area contributed by atoms with Gasteiger partial charge in [-0.05, 0) is 31.0 Å². The first-order valence-electron chi connectivity index (χ1n) is 6.01. The van der Waals surface area contributed by atoms with Crippen LogP contribution in [0, 0.1) is 12.7 Å². The number of aromatic nitrogens is 2. The van der Waals surface area contributed by atoms with Crippen molar-refractivity contribution in [3.8, 4) is 0 Å². The Morgan fingerprint density at radius 1 is 1.53 bits per heavy atom. The molecule has 0 saturated carbocycles. The highest BCUT2D eigenvalue weighted by Gasteiger charge is 2.21. The molecule has 3 N–H and O–H groups in total. The van der Waals surface area contributed by atoms with E-state index in [-0.39, 0.29) is 5.82 Å². The summed E-state index contributed by atoms with van der Waals surface area (Å²) in [7, 11) is 0. The molecule has 19 heavy (non-hydrogen) atoms. The Morgan fingerprint density at radius 2 is 2.26 bits per heavy atom. The number of hydrogen-bond donors (Lipinski definition) is 2. The third-order valence-corrected chi connectivity index (χ3v) is 3.39. The van der Waals surface area contributed by atoms with Crippen LogP contribution in [0.5, 0.6) is 0 Å². The summed E-state index contributed by atoms with van der Waals surface area (Å²) in [4.78, 5) is 0. The second-order valence-electron chi connectivity index (χ2n) is 4.30. The maximum absolute atomic E-state index is 13.7. The van der Waals surface area contributed by atoms with Gasteiger partial charge in [-0.2, -0.15) is 5.10 Å². The minimum atomic E-state index is -0.398. The van der Waals surface area contributed by atoms with E-state index in [4.69, 9.17) is 17.4 Å². The van der Waals surface area contributed by atoms with Crippen LogP contribution < -0.4 is 11.3 Å². The molecule has 0 bridgehead atoms. The van der Waals surface area contributed by atoms with Crippen LogP contribution in [-0.4, -0.2) is 9.78 Å². The molecule has 0 fully saturated rings. The first-order valence-corrected chi connectivity index (χ1v) is 6.39. The molecule has 2 rings (SSSR count). The summed E-state index contributed by atoms with van der Waals surface area (Å²) >= 11 is 6.15. The number of halogens is 2. The molecule has 1 unspecified atom stereocenters. The van der Waals surface area contributed by atoms with E-state index in [0.717, 1.165) is 5.69 Å². The normalized spacial score (nSPS) is 12.7. The van der Waals surface area contributed by atoms with Gasteiger partial charge in [-0.1, -0.05) is 23.7 Å². The summed E-state index contributed by atoms with van der Waals surface area (Å²) in [6.45, 7) is 4.33. The van der Waals surface area contributed by atoms with E-state index in [1.54, 1.807) is 23.9 Å². The van der Waals surface area contributed by atoms with Crippen molar-refractivity contribution in [2.75, 3.05) is 0 Å². The smallest absolute Gasteiger partial charge is 0.126 e. The van der Waals surface area contributed by atoms with Crippen LogP contribution in [0.4, 0.5) is 4.39 Å². The maximum Gasteiger partial charge on any atom is 0.126 e. The largest absolute Gasteiger partial charge is 0.271 e. The highest BCUT2D eigenvalue weighted by molar-refractivity contribution is 6.31. The molecule has 102 valence electrons. The Bertz CT molecular complexity index is 582. The zero-order chi connectivity index (χ0) is 14.0. The van der Waals surface area contributed by atoms with Crippen LogP contribution in [0.3, 0.4) is 0 Å². The zero-order valence-corrected chi connectivity index (χ0v) is 11.6. The van der Waals surface area contributed by atoms with E-state index in [2.05, 4.69) is 10.5 Å². The van der Waals surface area contributed by atoms with Gasteiger partial charge in [-0.25, -0.2) is 9.82 Å². The topological polar surface area (TPSA) is 55.9 Å². The van der Waals surface area contributed by atoms with E-state index in [0.29, 0.717) is 22.7 Å². The van der Waals surface area contributed by atoms with Crippen molar-refractivity contribution >= 4 is 11.6 Å². The quantitative estimate of drug-likeness (QED) is 0.669. The van der Waals surface area contributed by atoms with Crippen LogP contribution in [0.1, 0.15) is 29.8 Å². The van der Waals surface area contributed by atoms with E-state index in [1.807, 2.05) is 13.0 Å². The van der Waals surface area contributed by atoms with Gasteiger partial charge in [-0.3, -0.25) is 10.5 Å². The fourth-order valence-electron chi connectivity index (χ4n) is 2.03. The lowest BCUT2D eigenvalue weighted by Crippen LogP contribution is -2.31. The Hall–Kier alpha value is -1.43. The molecule has 0 aliphatic heterocycles. The number of benzene rings is 1. The Balaban J connectivity index is 2.49. The van der Waals surface area contributed by atoms with Crippen LogP contribution in [0.25, 0.3) is 0 Å². The number of aryl methyl sites for hydroxylation is 2. The third-order valence-electron chi connectivity index (χ3n) is 3.10. The van der Waals surface area contributed by atoms with Crippen molar-refractivity contribution in [1.82, 2.24) is 15.2 Å². The van der Waals surface area contributed by atoms with E-state index in [9.17, 15) is 4.39 Å². The zero-order valence-electron chi connectivity index (χ0n) is 10.8. The summed E-state index contributed by atoms with van der Waals surface area (Å²) in [5, 5.41) is 4.67. The van der Waals surface area contributed by atoms with Crippen LogP contribution in [0.2, 0.25) is 5.02 Å². The summed E-state index contributed by atoms with van der Waals surface area (Å²) in [6.07, 6.45) is 1.56. The average Bonchev–Trinajstić information content (AvgIpc) is 2.76. The van der Waals surface area contributed by atoms with Crippen molar-refractivity contribution < 1.29 is 4.39 Å². The summed E-state index contributed by atoms with van der Waals surface area (Å²) in [5.74, 6) is 5.34. The van der Waals surface area contributed by atoms with Crippen molar-refractivity contribution in [3.63, 3.8) is 0 Å². The first kappa shape index (κ1) is 14.0. The lowest BCUT2D eigenvalue weighted by atomic mass is 10.0. The van der Waals surface area contributed by atoms with Crippen molar-refractivity contribution in [1.29, 1.82) is 0 Å².